The van der Waals surface area contributed by atoms with E-state index < -0.39 is 0 Å². The van der Waals surface area contributed by atoms with Gasteiger partial charge in [-0.1, -0.05) is 94.4 Å². The van der Waals surface area contributed by atoms with Crippen LogP contribution in [0.15, 0.2) is 48.6 Å². The second-order valence-corrected chi connectivity index (χ2v) is 4.98. The number of hydrogen-bond donors (Lipinski definition) is 0. The van der Waals surface area contributed by atoms with E-state index in [0.29, 0.717) is 0 Å². The predicted molar refractivity (Wildman–Crippen MR) is 89.9 cm³/mol. The van der Waals surface area contributed by atoms with Gasteiger partial charge in [0.2, 0.25) is 0 Å². The Hall–Kier alpha value is -1.37. The van der Waals surface area contributed by atoms with Gasteiger partial charge in [0.1, 0.15) is 6.29 Å². The molecule has 0 N–H and O–H groups in total. The third kappa shape index (κ3) is 16.6. The summed E-state index contributed by atoms with van der Waals surface area (Å²) in [5.74, 6) is 0. The summed E-state index contributed by atoms with van der Waals surface area (Å²) in [6.45, 7) is 2.26. The number of carbonyl (C=O) groups excluding carboxylic acids is 1. The first-order valence-electron chi connectivity index (χ1n) is 8.02. The molecule has 0 saturated carbocycles. The number of carbonyl (C=O) groups is 1. The van der Waals surface area contributed by atoms with E-state index in [1.165, 1.54) is 63.9 Å². The van der Waals surface area contributed by atoms with Gasteiger partial charge in [0, 0.05) is 0 Å². The summed E-state index contributed by atoms with van der Waals surface area (Å²) in [5.41, 5.74) is 0. The largest absolute Gasteiger partial charge is 0.299 e. The van der Waals surface area contributed by atoms with Crippen molar-refractivity contribution in [2.45, 2.75) is 64.7 Å². The van der Waals surface area contributed by atoms with Crippen LogP contribution in [0.4, 0.5) is 0 Å². The maximum atomic E-state index is 10.0. The van der Waals surface area contributed by atoms with Gasteiger partial charge in [0.15, 0.2) is 0 Å². The van der Waals surface area contributed by atoms with Crippen molar-refractivity contribution >= 4 is 6.29 Å². The summed E-state index contributed by atoms with van der Waals surface area (Å²) in [4.78, 5) is 10.0. The Kier molecular flexibility index (Phi) is 16.4. The zero-order valence-electron chi connectivity index (χ0n) is 13.0. The minimum Gasteiger partial charge on any atom is -0.299 e. The Morgan fingerprint density at radius 1 is 0.600 bits per heavy atom. The summed E-state index contributed by atoms with van der Waals surface area (Å²) in [5, 5.41) is 0. The van der Waals surface area contributed by atoms with Gasteiger partial charge in [-0.25, -0.2) is 0 Å². The van der Waals surface area contributed by atoms with E-state index in [1.54, 1.807) is 6.08 Å². The molecule has 0 aromatic rings. The first-order valence-corrected chi connectivity index (χ1v) is 8.02. The predicted octanol–water partition coefficient (Wildman–Crippen LogP) is 5.94. The molecule has 20 heavy (non-hydrogen) atoms. The molecule has 0 aromatic heterocycles. The smallest absolute Gasteiger partial charge is 0.142 e. The number of rotatable bonds is 13. The Morgan fingerprint density at radius 2 is 1.10 bits per heavy atom. The standard InChI is InChI=1S/C19H30O/c1-2-3-4-5-6-7-8-9-10-11-12-13-14-15-16-17-18-19-20/h11-19H,2-10H2,1H3. The van der Waals surface area contributed by atoms with Gasteiger partial charge in [-0.2, -0.15) is 0 Å². The Bertz CT molecular complexity index is 308. The van der Waals surface area contributed by atoms with Crippen LogP contribution in [0.25, 0.3) is 0 Å². The monoisotopic (exact) mass is 274 g/mol. The lowest BCUT2D eigenvalue weighted by atomic mass is 10.1. The van der Waals surface area contributed by atoms with Crippen LogP contribution in [-0.4, -0.2) is 6.29 Å². The highest BCUT2D eigenvalue weighted by Gasteiger charge is 1.89. The topological polar surface area (TPSA) is 17.1 Å². The van der Waals surface area contributed by atoms with Crippen molar-refractivity contribution in [1.82, 2.24) is 0 Å². The molecular weight excluding hydrogens is 244 g/mol. The fraction of sp³-hybridized carbons (Fsp3) is 0.526. The molecule has 0 unspecified atom stereocenters. The molecule has 0 rings (SSSR count). The van der Waals surface area contributed by atoms with Gasteiger partial charge in [0.25, 0.3) is 0 Å². The second kappa shape index (κ2) is 17.6. The average molecular weight is 274 g/mol. The average Bonchev–Trinajstić information content (AvgIpc) is 2.47. The summed E-state index contributed by atoms with van der Waals surface area (Å²) in [6, 6.07) is 0. The van der Waals surface area contributed by atoms with E-state index in [-0.39, 0.29) is 0 Å². The van der Waals surface area contributed by atoms with E-state index in [1.807, 2.05) is 24.3 Å². The number of allylic oxidation sites excluding steroid dienone is 8. The molecule has 1 nitrogen and oxygen atoms in total. The maximum Gasteiger partial charge on any atom is 0.142 e. The summed E-state index contributed by atoms with van der Waals surface area (Å²) in [7, 11) is 0. The van der Waals surface area contributed by atoms with Gasteiger partial charge >= 0.3 is 0 Å². The minimum absolute atomic E-state index is 0.776. The summed E-state index contributed by atoms with van der Waals surface area (Å²) < 4.78 is 0. The van der Waals surface area contributed by atoms with E-state index in [9.17, 15) is 4.79 Å². The molecule has 0 atom stereocenters. The molecule has 0 saturated heterocycles. The van der Waals surface area contributed by atoms with Crippen LogP contribution in [0.2, 0.25) is 0 Å². The first kappa shape index (κ1) is 18.6. The highest BCUT2D eigenvalue weighted by Crippen LogP contribution is 2.09. The van der Waals surface area contributed by atoms with Crippen molar-refractivity contribution in [1.29, 1.82) is 0 Å². The third-order valence-electron chi connectivity index (χ3n) is 3.11. The zero-order valence-corrected chi connectivity index (χ0v) is 13.0. The lowest BCUT2D eigenvalue weighted by Crippen LogP contribution is -1.79. The SMILES string of the molecule is CCCCCCCCCCC=CC=CC=CC=CC=O. The fourth-order valence-corrected chi connectivity index (χ4v) is 1.94. The van der Waals surface area contributed by atoms with Gasteiger partial charge in [-0.3, -0.25) is 4.79 Å². The first-order chi connectivity index (χ1) is 9.91. The van der Waals surface area contributed by atoms with E-state index in [4.69, 9.17) is 0 Å². The molecule has 0 aliphatic heterocycles. The molecule has 0 spiro atoms. The lowest BCUT2D eigenvalue weighted by Gasteiger charge is -1.99. The van der Waals surface area contributed by atoms with E-state index in [2.05, 4.69) is 19.1 Å². The number of unbranched alkanes of at least 4 members (excludes halogenated alkanes) is 8. The van der Waals surface area contributed by atoms with Crippen LogP contribution in [0.1, 0.15) is 64.7 Å². The fourth-order valence-electron chi connectivity index (χ4n) is 1.94. The highest BCUT2D eigenvalue weighted by atomic mass is 16.1. The molecule has 0 aromatic carbocycles. The number of hydrogen-bond acceptors (Lipinski definition) is 1. The van der Waals surface area contributed by atoms with Crippen molar-refractivity contribution in [2.24, 2.45) is 0 Å². The minimum atomic E-state index is 0.776. The molecule has 0 heterocycles. The molecule has 0 fully saturated rings. The molecule has 0 aliphatic rings. The normalized spacial score (nSPS) is 12.4. The van der Waals surface area contributed by atoms with E-state index >= 15 is 0 Å². The van der Waals surface area contributed by atoms with Crippen LogP contribution in [-0.2, 0) is 4.79 Å². The van der Waals surface area contributed by atoms with Crippen molar-refractivity contribution < 1.29 is 4.79 Å². The molecule has 0 bridgehead atoms. The van der Waals surface area contributed by atoms with Crippen LogP contribution in [0, 0.1) is 0 Å². The summed E-state index contributed by atoms with van der Waals surface area (Å²) >= 11 is 0. The quantitative estimate of drug-likeness (QED) is 0.176. The van der Waals surface area contributed by atoms with Crippen molar-refractivity contribution in [3.8, 4) is 0 Å². The highest BCUT2D eigenvalue weighted by molar-refractivity contribution is 5.65. The van der Waals surface area contributed by atoms with Gasteiger partial charge in [-0.15, -0.1) is 0 Å². The van der Waals surface area contributed by atoms with Gasteiger partial charge in [-0.05, 0) is 18.9 Å². The zero-order chi connectivity index (χ0) is 14.7. The van der Waals surface area contributed by atoms with Crippen molar-refractivity contribution in [2.75, 3.05) is 0 Å². The van der Waals surface area contributed by atoms with E-state index in [0.717, 1.165) is 6.29 Å². The Labute approximate surface area is 125 Å². The molecule has 112 valence electrons. The molecule has 0 aliphatic carbocycles. The number of aldehydes is 1. The molecular formula is C19H30O. The van der Waals surface area contributed by atoms with Crippen molar-refractivity contribution in [3.63, 3.8) is 0 Å². The van der Waals surface area contributed by atoms with Gasteiger partial charge in [0.05, 0.1) is 0 Å². The lowest BCUT2D eigenvalue weighted by molar-refractivity contribution is -0.104. The maximum absolute atomic E-state index is 10.0. The van der Waals surface area contributed by atoms with Crippen molar-refractivity contribution in [3.05, 3.63) is 48.6 Å². The molecule has 1 heteroatoms. The van der Waals surface area contributed by atoms with Crippen LogP contribution >= 0.6 is 0 Å². The van der Waals surface area contributed by atoms with Crippen LogP contribution in [0.3, 0.4) is 0 Å². The van der Waals surface area contributed by atoms with Gasteiger partial charge < -0.3 is 0 Å². The van der Waals surface area contributed by atoms with Crippen LogP contribution < -0.4 is 0 Å². The Balaban J connectivity index is 3.31. The summed E-state index contributed by atoms with van der Waals surface area (Å²) in [6.07, 6.45) is 28.2. The molecule has 0 amide bonds. The van der Waals surface area contributed by atoms with Crippen LogP contribution in [0.5, 0.6) is 0 Å². The molecule has 0 radical (unpaired) electrons. The second-order valence-electron chi connectivity index (χ2n) is 4.98. The third-order valence-corrected chi connectivity index (χ3v) is 3.11. The Morgan fingerprint density at radius 3 is 1.70 bits per heavy atom.